The van der Waals surface area contributed by atoms with Crippen LogP contribution in [0.2, 0.25) is 0 Å². The van der Waals surface area contributed by atoms with Gasteiger partial charge in [0.1, 0.15) is 12.1 Å². The lowest BCUT2D eigenvalue weighted by Gasteiger charge is -2.40. The summed E-state index contributed by atoms with van der Waals surface area (Å²) >= 11 is 0. The number of nitrogens with zero attached hydrogens (tertiary/aromatic N) is 4. The first-order valence-corrected chi connectivity index (χ1v) is 10.3. The van der Waals surface area contributed by atoms with Gasteiger partial charge >= 0.3 is 0 Å². The Hall–Kier alpha value is -3.48. The van der Waals surface area contributed by atoms with Crippen molar-refractivity contribution in [2.45, 2.75) is 26.8 Å². The number of anilines is 1. The Morgan fingerprint density at radius 2 is 1.90 bits per heavy atom. The third-order valence-electron chi connectivity index (χ3n) is 5.52. The molecule has 7 heteroatoms. The first-order chi connectivity index (χ1) is 14.9. The number of carbonyl (C=O) groups is 1. The molecule has 1 amide bonds. The third kappa shape index (κ3) is 4.50. The van der Waals surface area contributed by atoms with Crippen molar-refractivity contribution in [2.75, 3.05) is 24.5 Å². The van der Waals surface area contributed by atoms with E-state index in [1.54, 1.807) is 18.2 Å². The summed E-state index contributed by atoms with van der Waals surface area (Å²) < 4.78 is 19.7. The lowest BCUT2D eigenvalue weighted by Crippen LogP contribution is -2.54. The minimum absolute atomic E-state index is 0.00871. The van der Waals surface area contributed by atoms with Crippen LogP contribution in [0.15, 0.2) is 54.9 Å². The monoisotopic (exact) mass is 420 g/mol. The number of amides is 1. The van der Waals surface area contributed by atoms with Crippen molar-refractivity contribution in [3.05, 3.63) is 77.4 Å². The van der Waals surface area contributed by atoms with E-state index in [9.17, 15) is 9.18 Å². The molecule has 31 heavy (non-hydrogen) atoms. The van der Waals surface area contributed by atoms with E-state index in [0.717, 1.165) is 16.7 Å². The Morgan fingerprint density at radius 3 is 2.68 bits per heavy atom. The van der Waals surface area contributed by atoms with Crippen LogP contribution in [0.4, 0.5) is 10.2 Å². The average molecular weight is 420 g/mol. The van der Waals surface area contributed by atoms with Gasteiger partial charge in [-0.05, 0) is 50.1 Å². The summed E-state index contributed by atoms with van der Waals surface area (Å²) in [5.74, 6) is 0.703. The van der Waals surface area contributed by atoms with Gasteiger partial charge < -0.3 is 14.5 Å². The highest BCUT2D eigenvalue weighted by Crippen LogP contribution is 2.27. The van der Waals surface area contributed by atoms with Gasteiger partial charge in [0.05, 0.1) is 0 Å². The minimum Gasteiger partial charge on any atom is -0.436 e. The van der Waals surface area contributed by atoms with Gasteiger partial charge in [0.2, 0.25) is 5.88 Å². The highest BCUT2D eigenvalue weighted by molar-refractivity contribution is 5.96. The highest BCUT2D eigenvalue weighted by atomic mass is 19.1. The maximum Gasteiger partial charge on any atom is 0.254 e. The predicted octanol–water partition coefficient (Wildman–Crippen LogP) is 4.38. The third-order valence-corrected chi connectivity index (χ3v) is 5.52. The molecule has 1 saturated heterocycles. The van der Waals surface area contributed by atoms with Crippen molar-refractivity contribution in [1.29, 1.82) is 0 Å². The van der Waals surface area contributed by atoms with Crippen LogP contribution < -0.4 is 9.64 Å². The molecular formula is C24H25FN4O2. The van der Waals surface area contributed by atoms with Crippen LogP contribution in [0, 0.1) is 19.7 Å². The van der Waals surface area contributed by atoms with E-state index in [2.05, 4.69) is 14.9 Å². The van der Waals surface area contributed by atoms with Gasteiger partial charge in [-0.2, -0.15) is 0 Å². The lowest BCUT2D eigenvalue weighted by atomic mass is 10.1. The molecule has 0 saturated carbocycles. The van der Waals surface area contributed by atoms with Gasteiger partial charge in [-0.25, -0.2) is 14.4 Å². The summed E-state index contributed by atoms with van der Waals surface area (Å²) in [6, 6.07) is 14.1. The molecule has 3 aromatic rings. The Morgan fingerprint density at radius 1 is 1.10 bits per heavy atom. The molecule has 0 unspecified atom stereocenters. The maximum absolute atomic E-state index is 14.0. The Labute approximate surface area is 181 Å². The smallest absolute Gasteiger partial charge is 0.254 e. The van der Waals surface area contributed by atoms with E-state index in [1.807, 2.05) is 49.9 Å². The molecule has 0 spiro atoms. The van der Waals surface area contributed by atoms with E-state index < -0.39 is 5.82 Å². The van der Waals surface area contributed by atoms with E-state index >= 15 is 0 Å². The fourth-order valence-corrected chi connectivity index (χ4v) is 3.80. The normalized spacial score (nSPS) is 16.3. The number of hydrogen-bond donors (Lipinski definition) is 0. The standard InChI is InChI=1S/C24H25FN4O2/c1-16-8-9-20(25)21(12-16)31-23-13-22(26-15-27-23)28-10-11-29(18(3)14-28)24(30)19-7-5-4-6-17(19)2/h4-9,12-13,15,18H,10-11,14H2,1-3H3/t18-/m1/s1. The van der Waals surface area contributed by atoms with E-state index in [4.69, 9.17) is 4.74 Å². The van der Waals surface area contributed by atoms with Gasteiger partial charge in [-0.15, -0.1) is 0 Å². The second-order valence-corrected chi connectivity index (χ2v) is 7.86. The average Bonchev–Trinajstić information content (AvgIpc) is 2.76. The molecule has 1 aliphatic rings. The predicted molar refractivity (Wildman–Crippen MR) is 117 cm³/mol. The van der Waals surface area contributed by atoms with Crippen LogP contribution in [0.3, 0.4) is 0 Å². The zero-order valence-corrected chi connectivity index (χ0v) is 17.9. The second kappa shape index (κ2) is 8.71. The number of aromatic nitrogens is 2. The van der Waals surface area contributed by atoms with Crippen LogP contribution in [-0.2, 0) is 0 Å². The summed E-state index contributed by atoms with van der Waals surface area (Å²) in [6.07, 6.45) is 1.41. The van der Waals surface area contributed by atoms with Crippen molar-refractivity contribution >= 4 is 11.7 Å². The molecule has 0 N–H and O–H groups in total. The molecular weight excluding hydrogens is 395 g/mol. The molecule has 2 aromatic carbocycles. The fraction of sp³-hybridized carbons (Fsp3) is 0.292. The zero-order chi connectivity index (χ0) is 22.0. The summed E-state index contributed by atoms with van der Waals surface area (Å²) in [4.78, 5) is 25.5. The molecule has 0 aliphatic carbocycles. The number of hydrogen-bond acceptors (Lipinski definition) is 5. The molecule has 1 aromatic heterocycles. The number of carbonyl (C=O) groups excluding carboxylic acids is 1. The first kappa shape index (κ1) is 20.8. The Kier molecular flexibility index (Phi) is 5.84. The molecule has 1 atom stereocenters. The molecule has 6 nitrogen and oxygen atoms in total. The van der Waals surface area contributed by atoms with Crippen molar-refractivity contribution in [3.63, 3.8) is 0 Å². The van der Waals surface area contributed by atoms with Crippen LogP contribution in [-0.4, -0.2) is 46.5 Å². The van der Waals surface area contributed by atoms with Crippen LogP contribution >= 0.6 is 0 Å². The number of benzene rings is 2. The lowest BCUT2D eigenvalue weighted by molar-refractivity contribution is 0.0673. The van der Waals surface area contributed by atoms with Gasteiger partial charge in [-0.3, -0.25) is 4.79 Å². The van der Waals surface area contributed by atoms with Crippen molar-refractivity contribution < 1.29 is 13.9 Å². The SMILES string of the molecule is Cc1ccc(F)c(Oc2cc(N3CCN(C(=O)c4ccccc4C)[C@H](C)C3)ncn2)c1. The van der Waals surface area contributed by atoms with Gasteiger partial charge in [0.25, 0.3) is 5.91 Å². The number of halogens is 1. The molecule has 160 valence electrons. The van der Waals surface area contributed by atoms with E-state index in [-0.39, 0.29) is 23.6 Å². The maximum atomic E-state index is 14.0. The van der Waals surface area contributed by atoms with E-state index in [1.165, 1.54) is 12.4 Å². The summed E-state index contributed by atoms with van der Waals surface area (Å²) in [5.41, 5.74) is 2.61. The summed E-state index contributed by atoms with van der Waals surface area (Å²) in [7, 11) is 0. The largest absolute Gasteiger partial charge is 0.436 e. The molecule has 0 bridgehead atoms. The van der Waals surface area contributed by atoms with Gasteiger partial charge in [-0.1, -0.05) is 24.3 Å². The molecule has 1 aliphatic heterocycles. The Balaban J connectivity index is 1.47. The summed E-state index contributed by atoms with van der Waals surface area (Å²) in [5, 5.41) is 0. The topological polar surface area (TPSA) is 58.6 Å². The van der Waals surface area contributed by atoms with Crippen LogP contribution in [0.5, 0.6) is 11.6 Å². The molecule has 0 radical (unpaired) electrons. The van der Waals surface area contributed by atoms with Crippen molar-refractivity contribution in [3.8, 4) is 11.6 Å². The van der Waals surface area contributed by atoms with Crippen molar-refractivity contribution in [1.82, 2.24) is 14.9 Å². The Bertz CT molecular complexity index is 1100. The quantitative estimate of drug-likeness (QED) is 0.627. The van der Waals surface area contributed by atoms with Gasteiger partial charge in [0, 0.05) is 37.3 Å². The zero-order valence-electron chi connectivity index (χ0n) is 17.9. The van der Waals surface area contributed by atoms with Gasteiger partial charge in [0.15, 0.2) is 11.6 Å². The number of piperazine rings is 1. The summed E-state index contributed by atoms with van der Waals surface area (Å²) in [6.45, 7) is 7.71. The first-order valence-electron chi connectivity index (χ1n) is 10.3. The second-order valence-electron chi connectivity index (χ2n) is 7.86. The fourth-order valence-electron chi connectivity index (χ4n) is 3.80. The number of aryl methyl sites for hydroxylation is 2. The molecule has 4 rings (SSSR count). The minimum atomic E-state index is -0.442. The highest BCUT2D eigenvalue weighted by Gasteiger charge is 2.29. The molecule has 2 heterocycles. The van der Waals surface area contributed by atoms with Crippen LogP contribution in [0.1, 0.15) is 28.4 Å². The molecule has 1 fully saturated rings. The number of rotatable bonds is 4. The van der Waals surface area contributed by atoms with Crippen LogP contribution in [0.25, 0.3) is 0 Å². The van der Waals surface area contributed by atoms with E-state index in [0.29, 0.717) is 25.5 Å². The van der Waals surface area contributed by atoms with Crippen molar-refractivity contribution in [2.24, 2.45) is 0 Å². The number of ether oxygens (including phenoxy) is 1.